The molecule has 2 aliphatic carbocycles. The van der Waals surface area contributed by atoms with E-state index in [1.807, 2.05) is 24.3 Å². The van der Waals surface area contributed by atoms with Crippen molar-refractivity contribution in [3.63, 3.8) is 0 Å². The Kier molecular flexibility index (Phi) is 8.17. The van der Waals surface area contributed by atoms with Gasteiger partial charge in [-0.15, -0.1) is 0 Å². The zero-order valence-corrected chi connectivity index (χ0v) is 34.7. The molecule has 0 radical (unpaired) electrons. The fourth-order valence-corrected chi connectivity index (χ4v) is 10.8. The van der Waals surface area contributed by atoms with E-state index < -0.39 is 5.41 Å². The lowest BCUT2D eigenvalue weighted by molar-refractivity contribution is 0.563. The number of hydrogen-bond acceptors (Lipinski definition) is 3. The van der Waals surface area contributed by atoms with Gasteiger partial charge in [-0.1, -0.05) is 214 Å². The molecule has 9 aromatic rings. The number of fused-ring (bicyclic) bond motifs is 10. The Labute approximate surface area is 362 Å². The van der Waals surface area contributed by atoms with Crippen LogP contribution in [0, 0.1) is 0 Å². The fraction of sp³-hybridized carbons (Fsp3) is 0.0847. The maximum absolute atomic E-state index is 5.17. The van der Waals surface area contributed by atoms with Gasteiger partial charge in [0, 0.05) is 16.5 Å². The molecule has 1 heterocycles. The van der Waals surface area contributed by atoms with Gasteiger partial charge in [0.05, 0.1) is 5.41 Å². The summed E-state index contributed by atoms with van der Waals surface area (Å²) in [5, 5.41) is 6.13. The number of benzene rings is 9. The first-order valence-corrected chi connectivity index (χ1v) is 21.6. The van der Waals surface area contributed by atoms with E-state index in [1.54, 1.807) is 0 Å². The van der Waals surface area contributed by atoms with Crippen LogP contribution in [0.1, 0.15) is 70.1 Å². The van der Waals surface area contributed by atoms with Crippen LogP contribution in [0.2, 0.25) is 0 Å². The highest BCUT2D eigenvalue weighted by Gasteiger charge is 2.53. The predicted octanol–water partition coefficient (Wildman–Crippen LogP) is 13.7. The van der Waals surface area contributed by atoms with Crippen molar-refractivity contribution in [3.05, 3.63) is 262 Å². The molecule has 1 spiro atoms. The highest BCUT2D eigenvalue weighted by molar-refractivity contribution is 6.14. The van der Waals surface area contributed by atoms with Crippen molar-refractivity contribution >= 4 is 22.4 Å². The largest absolute Gasteiger partial charge is 0.344 e. The summed E-state index contributed by atoms with van der Waals surface area (Å²) in [6, 6.07) is 77.7. The molecule has 0 fully saturated rings. The average molecular weight is 794 g/mol. The Morgan fingerprint density at radius 2 is 1.00 bits per heavy atom. The van der Waals surface area contributed by atoms with Crippen molar-refractivity contribution in [1.29, 1.82) is 0 Å². The molecule has 62 heavy (non-hydrogen) atoms. The van der Waals surface area contributed by atoms with E-state index in [9.17, 15) is 0 Å². The first-order chi connectivity index (χ1) is 30.5. The predicted molar refractivity (Wildman–Crippen MR) is 256 cm³/mol. The van der Waals surface area contributed by atoms with Crippen molar-refractivity contribution in [2.75, 3.05) is 0 Å². The van der Waals surface area contributed by atoms with E-state index >= 15 is 0 Å². The molecule has 0 aromatic heterocycles. The van der Waals surface area contributed by atoms with E-state index in [2.05, 4.69) is 207 Å². The zero-order valence-electron chi connectivity index (χ0n) is 34.7. The number of aliphatic imine (C=N–C) groups is 2. The van der Waals surface area contributed by atoms with Crippen LogP contribution in [0.4, 0.5) is 0 Å². The zero-order chi connectivity index (χ0) is 41.4. The molecule has 1 atom stereocenters. The normalized spacial score (nSPS) is 16.3. The molecule has 3 heteroatoms. The maximum atomic E-state index is 5.17. The summed E-state index contributed by atoms with van der Waals surface area (Å²) in [6.45, 7) is 4.77. The van der Waals surface area contributed by atoms with Crippen LogP contribution in [-0.2, 0) is 10.8 Å². The summed E-state index contributed by atoms with van der Waals surface area (Å²) in [5.41, 5.74) is 17.9. The number of hydrogen-bond donors (Lipinski definition) is 1. The summed E-state index contributed by atoms with van der Waals surface area (Å²) in [7, 11) is 0. The minimum absolute atomic E-state index is 0.159. The van der Waals surface area contributed by atoms with Crippen LogP contribution in [0.15, 0.2) is 222 Å². The van der Waals surface area contributed by atoms with Crippen molar-refractivity contribution < 1.29 is 0 Å². The van der Waals surface area contributed by atoms with Gasteiger partial charge >= 0.3 is 0 Å². The van der Waals surface area contributed by atoms with Crippen molar-refractivity contribution in [1.82, 2.24) is 5.32 Å². The molecule has 0 saturated carbocycles. The van der Waals surface area contributed by atoms with Crippen molar-refractivity contribution in [2.24, 2.45) is 9.98 Å². The number of nitrogens with one attached hydrogen (secondary N) is 1. The first kappa shape index (κ1) is 36.2. The van der Waals surface area contributed by atoms with Crippen LogP contribution < -0.4 is 5.32 Å². The van der Waals surface area contributed by atoms with Crippen LogP contribution in [-0.4, -0.2) is 11.7 Å². The summed E-state index contributed by atoms with van der Waals surface area (Å²) in [5.74, 6) is 1.51. The lowest BCUT2D eigenvalue weighted by Crippen LogP contribution is -2.40. The van der Waals surface area contributed by atoms with Crippen LogP contribution in [0.5, 0.6) is 0 Å². The summed E-state index contributed by atoms with van der Waals surface area (Å²) in [6.07, 6.45) is -0.276. The Morgan fingerprint density at radius 1 is 0.419 bits per heavy atom. The van der Waals surface area contributed by atoms with Gasteiger partial charge in [-0.05, 0) is 95.2 Å². The Balaban J connectivity index is 1.06. The van der Waals surface area contributed by atoms with Gasteiger partial charge in [-0.3, -0.25) is 0 Å². The topological polar surface area (TPSA) is 36.8 Å². The molecular formula is C59H43N3. The molecule has 0 bridgehead atoms. The van der Waals surface area contributed by atoms with Gasteiger partial charge in [0.25, 0.3) is 0 Å². The lowest BCUT2D eigenvalue weighted by atomic mass is 9.55. The highest BCUT2D eigenvalue weighted by Crippen LogP contribution is 2.62. The number of rotatable bonds is 5. The quantitative estimate of drug-likeness (QED) is 0.185. The van der Waals surface area contributed by atoms with E-state index in [0.29, 0.717) is 5.84 Å². The lowest BCUT2D eigenvalue weighted by Gasteiger charge is -2.46. The Bertz CT molecular complexity index is 3250. The molecule has 3 nitrogen and oxygen atoms in total. The van der Waals surface area contributed by atoms with Gasteiger partial charge < -0.3 is 5.32 Å². The van der Waals surface area contributed by atoms with E-state index in [4.69, 9.17) is 9.98 Å². The molecule has 1 aliphatic heterocycles. The van der Waals surface area contributed by atoms with Crippen LogP contribution >= 0.6 is 0 Å². The van der Waals surface area contributed by atoms with E-state index in [1.165, 1.54) is 72.0 Å². The molecule has 294 valence electrons. The fourth-order valence-electron chi connectivity index (χ4n) is 10.8. The van der Waals surface area contributed by atoms with E-state index in [-0.39, 0.29) is 11.6 Å². The average Bonchev–Trinajstić information content (AvgIpc) is 3.63. The third-order valence-electron chi connectivity index (χ3n) is 13.6. The molecular weight excluding hydrogens is 751 g/mol. The molecule has 0 saturated heterocycles. The third-order valence-corrected chi connectivity index (χ3v) is 13.6. The van der Waals surface area contributed by atoms with Crippen LogP contribution in [0.3, 0.4) is 0 Å². The van der Waals surface area contributed by atoms with Gasteiger partial charge in [0.1, 0.15) is 12.0 Å². The van der Waals surface area contributed by atoms with Crippen molar-refractivity contribution in [2.45, 2.75) is 30.8 Å². The molecule has 9 aromatic carbocycles. The Hall–Kier alpha value is -7.62. The van der Waals surface area contributed by atoms with Crippen LogP contribution in [0.25, 0.3) is 44.2 Å². The second-order valence-corrected chi connectivity index (χ2v) is 17.3. The van der Waals surface area contributed by atoms with Gasteiger partial charge in [-0.25, -0.2) is 9.98 Å². The van der Waals surface area contributed by atoms with E-state index in [0.717, 1.165) is 28.1 Å². The first-order valence-electron chi connectivity index (χ1n) is 21.6. The SMILES string of the molecule is CC1(C)c2ccccc2C2(c3ccccc3-c3ccc(-c4c(-c5cccc(C6=NC(c7ccccc7)=NC(c7ccccc7)N6)c5)ccc5ccccc45)cc32)c2ccccc21. The second kappa shape index (κ2) is 14.0. The molecule has 3 aliphatic rings. The second-order valence-electron chi connectivity index (χ2n) is 17.3. The smallest absolute Gasteiger partial charge is 0.159 e. The van der Waals surface area contributed by atoms with Gasteiger partial charge in [0.15, 0.2) is 5.84 Å². The number of nitrogens with zero attached hydrogens (tertiary/aromatic N) is 2. The standard InChI is InChI=1S/C59H43N3/c1-58(2)49-28-13-15-30-51(49)59(52-31-16-14-29-50(52)58)48-27-12-11-26-46(48)47-35-33-42(37-53(47)59)54-44-25-10-9-18-38(44)32-34-45(54)41-23-17-24-43(36-41)57-61-55(39-19-5-3-6-20-39)60-56(62-57)40-21-7-4-8-22-40/h3-37,55H,1-2H3,(H,60,61,62). The monoisotopic (exact) mass is 793 g/mol. The molecule has 1 N–H and O–H groups in total. The summed E-state index contributed by atoms with van der Waals surface area (Å²) >= 11 is 0. The molecule has 12 rings (SSSR count). The summed E-state index contributed by atoms with van der Waals surface area (Å²) in [4.78, 5) is 10.3. The third kappa shape index (κ3) is 5.38. The number of amidine groups is 2. The highest BCUT2D eigenvalue weighted by atomic mass is 15.2. The summed E-state index contributed by atoms with van der Waals surface area (Å²) < 4.78 is 0. The van der Waals surface area contributed by atoms with Gasteiger partial charge in [0.2, 0.25) is 0 Å². The molecule has 1 unspecified atom stereocenters. The maximum Gasteiger partial charge on any atom is 0.159 e. The minimum atomic E-state index is -0.479. The minimum Gasteiger partial charge on any atom is -0.344 e. The molecule has 0 amide bonds. The van der Waals surface area contributed by atoms with Crippen molar-refractivity contribution in [3.8, 4) is 33.4 Å². The Morgan fingerprint density at radius 3 is 1.76 bits per heavy atom. The van der Waals surface area contributed by atoms with Gasteiger partial charge in [-0.2, -0.15) is 0 Å².